The van der Waals surface area contributed by atoms with Crippen molar-refractivity contribution in [3.05, 3.63) is 68.6 Å². The van der Waals surface area contributed by atoms with Crippen molar-refractivity contribution in [3.8, 4) is 0 Å². The molecule has 0 aliphatic heterocycles. The van der Waals surface area contributed by atoms with E-state index in [1.807, 2.05) is 48.3 Å². The van der Waals surface area contributed by atoms with E-state index in [9.17, 15) is 4.79 Å². The molecule has 0 fully saturated rings. The number of carbonyl (C=O) groups excluding carboxylic acids is 1. The van der Waals surface area contributed by atoms with E-state index in [1.165, 1.54) is 5.56 Å². The first-order valence-electron chi connectivity index (χ1n) is 6.26. The topological polar surface area (TPSA) is 20.3 Å². The zero-order chi connectivity index (χ0) is 14.5. The summed E-state index contributed by atoms with van der Waals surface area (Å²) in [6.07, 6.45) is 0. The number of halogens is 2. The van der Waals surface area contributed by atoms with Gasteiger partial charge in [-0.1, -0.05) is 56.1 Å². The molecule has 2 nitrogen and oxygen atoms in total. The van der Waals surface area contributed by atoms with E-state index in [0.717, 1.165) is 21.1 Å². The van der Waals surface area contributed by atoms with Gasteiger partial charge in [0.2, 0.25) is 0 Å². The third-order valence-electron chi connectivity index (χ3n) is 2.95. The lowest BCUT2D eigenvalue weighted by molar-refractivity contribution is 0.0943. The summed E-state index contributed by atoms with van der Waals surface area (Å²) in [5, 5.41) is 0. The van der Waals surface area contributed by atoms with E-state index in [4.69, 9.17) is 0 Å². The molecule has 0 bridgehead atoms. The van der Waals surface area contributed by atoms with Gasteiger partial charge in [0.25, 0.3) is 0 Å². The number of hydrogen-bond acceptors (Lipinski definition) is 2. The van der Waals surface area contributed by atoms with E-state index < -0.39 is 0 Å². The van der Waals surface area contributed by atoms with Crippen LogP contribution in [-0.4, -0.2) is 24.3 Å². The fourth-order valence-electron chi connectivity index (χ4n) is 1.93. The van der Waals surface area contributed by atoms with E-state index >= 15 is 0 Å². The molecule has 20 heavy (non-hydrogen) atoms. The SMILES string of the molecule is CN(CC(=O)c1ccc(Br)cc1)Cc1ccc(Br)cc1. The van der Waals surface area contributed by atoms with E-state index in [1.54, 1.807) is 0 Å². The summed E-state index contributed by atoms with van der Waals surface area (Å²) in [4.78, 5) is 14.2. The molecule has 0 saturated heterocycles. The third-order valence-corrected chi connectivity index (χ3v) is 4.00. The summed E-state index contributed by atoms with van der Waals surface area (Å²) in [5.41, 5.74) is 1.94. The second kappa shape index (κ2) is 7.16. The maximum atomic E-state index is 12.1. The average molecular weight is 397 g/mol. The summed E-state index contributed by atoms with van der Waals surface area (Å²) < 4.78 is 2.05. The lowest BCUT2D eigenvalue weighted by Gasteiger charge is -2.16. The Kier molecular flexibility index (Phi) is 5.52. The third kappa shape index (κ3) is 4.54. The summed E-state index contributed by atoms with van der Waals surface area (Å²) >= 11 is 6.79. The lowest BCUT2D eigenvalue weighted by Crippen LogP contribution is -2.25. The van der Waals surface area contributed by atoms with Gasteiger partial charge in [0.05, 0.1) is 6.54 Å². The molecule has 0 saturated carbocycles. The number of hydrogen-bond donors (Lipinski definition) is 0. The second-order valence-electron chi connectivity index (χ2n) is 4.73. The largest absolute Gasteiger partial charge is 0.295 e. The molecule has 0 atom stereocenters. The van der Waals surface area contributed by atoms with Crippen molar-refractivity contribution >= 4 is 37.6 Å². The van der Waals surface area contributed by atoms with Crippen molar-refractivity contribution < 1.29 is 4.79 Å². The molecule has 0 N–H and O–H groups in total. The molecule has 0 amide bonds. The number of benzene rings is 2. The number of rotatable bonds is 5. The van der Waals surface area contributed by atoms with Crippen molar-refractivity contribution in [2.75, 3.05) is 13.6 Å². The van der Waals surface area contributed by atoms with Gasteiger partial charge in [-0.25, -0.2) is 0 Å². The van der Waals surface area contributed by atoms with Crippen LogP contribution < -0.4 is 0 Å². The molecule has 0 spiro atoms. The van der Waals surface area contributed by atoms with Crippen molar-refractivity contribution in [2.24, 2.45) is 0 Å². The Hall–Kier alpha value is -0.970. The van der Waals surface area contributed by atoms with Crippen LogP contribution in [-0.2, 0) is 6.54 Å². The Balaban J connectivity index is 1.93. The number of ketones is 1. The van der Waals surface area contributed by atoms with Crippen molar-refractivity contribution in [3.63, 3.8) is 0 Å². The molecule has 0 aliphatic carbocycles. The Labute approximate surface area is 136 Å². The molecule has 0 radical (unpaired) electrons. The monoisotopic (exact) mass is 395 g/mol. The molecule has 0 aromatic heterocycles. The zero-order valence-electron chi connectivity index (χ0n) is 11.1. The fourth-order valence-corrected chi connectivity index (χ4v) is 2.46. The minimum absolute atomic E-state index is 0.136. The van der Waals surface area contributed by atoms with Crippen LogP contribution in [0.4, 0.5) is 0 Å². The van der Waals surface area contributed by atoms with Crippen molar-refractivity contribution in [1.29, 1.82) is 0 Å². The first-order valence-corrected chi connectivity index (χ1v) is 7.85. The number of Topliss-reactive ketones (excluding diaryl/α,β-unsaturated/α-hetero) is 1. The molecule has 2 aromatic carbocycles. The van der Waals surface area contributed by atoms with Crippen LogP contribution in [0, 0.1) is 0 Å². The van der Waals surface area contributed by atoms with Gasteiger partial charge in [0, 0.05) is 21.1 Å². The van der Waals surface area contributed by atoms with Gasteiger partial charge < -0.3 is 0 Å². The molecular weight excluding hydrogens is 382 g/mol. The normalized spacial score (nSPS) is 10.8. The van der Waals surface area contributed by atoms with Gasteiger partial charge in [0.1, 0.15) is 0 Å². The predicted octanol–water partition coefficient (Wildman–Crippen LogP) is 4.53. The molecule has 4 heteroatoms. The minimum Gasteiger partial charge on any atom is -0.295 e. The average Bonchev–Trinajstić information content (AvgIpc) is 2.42. The van der Waals surface area contributed by atoms with Crippen LogP contribution >= 0.6 is 31.9 Å². The van der Waals surface area contributed by atoms with Gasteiger partial charge in [-0.2, -0.15) is 0 Å². The van der Waals surface area contributed by atoms with Crippen LogP contribution in [0.15, 0.2) is 57.5 Å². The van der Waals surface area contributed by atoms with E-state index in [2.05, 4.69) is 44.0 Å². The highest BCUT2D eigenvalue weighted by Gasteiger charge is 2.09. The van der Waals surface area contributed by atoms with Gasteiger partial charge in [-0.15, -0.1) is 0 Å². The van der Waals surface area contributed by atoms with Crippen LogP contribution in [0.25, 0.3) is 0 Å². The molecule has 0 heterocycles. The summed E-state index contributed by atoms with van der Waals surface area (Å²) in [5.74, 6) is 0.136. The standard InChI is InChI=1S/C16H15Br2NO/c1-19(10-12-2-6-14(17)7-3-12)11-16(20)13-4-8-15(18)9-5-13/h2-9H,10-11H2,1H3. The van der Waals surface area contributed by atoms with Crippen LogP contribution in [0.5, 0.6) is 0 Å². The minimum atomic E-state index is 0.136. The van der Waals surface area contributed by atoms with Gasteiger partial charge >= 0.3 is 0 Å². The molecule has 2 aromatic rings. The first kappa shape index (κ1) is 15.4. The Morgan fingerprint density at radius 1 is 0.950 bits per heavy atom. The van der Waals surface area contributed by atoms with Gasteiger partial charge in [-0.05, 0) is 36.9 Å². The Morgan fingerprint density at radius 3 is 2.00 bits per heavy atom. The van der Waals surface area contributed by atoms with Crippen LogP contribution in [0.1, 0.15) is 15.9 Å². The lowest BCUT2D eigenvalue weighted by atomic mass is 10.1. The Morgan fingerprint density at radius 2 is 1.45 bits per heavy atom. The zero-order valence-corrected chi connectivity index (χ0v) is 14.3. The molecular formula is C16H15Br2NO. The smallest absolute Gasteiger partial charge is 0.176 e. The van der Waals surface area contributed by atoms with E-state index in [0.29, 0.717) is 6.54 Å². The highest BCUT2D eigenvalue weighted by molar-refractivity contribution is 9.10. The maximum Gasteiger partial charge on any atom is 0.176 e. The summed E-state index contributed by atoms with van der Waals surface area (Å²) in [6, 6.07) is 15.6. The summed E-state index contributed by atoms with van der Waals surface area (Å²) in [6.45, 7) is 1.17. The second-order valence-corrected chi connectivity index (χ2v) is 6.56. The van der Waals surface area contributed by atoms with Gasteiger partial charge in [-0.3, -0.25) is 9.69 Å². The van der Waals surface area contributed by atoms with Crippen molar-refractivity contribution in [1.82, 2.24) is 4.90 Å². The summed E-state index contributed by atoms with van der Waals surface area (Å²) in [7, 11) is 1.96. The highest BCUT2D eigenvalue weighted by Crippen LogP contribution is 2.13. The first-order chi connectivity index (χ1) is 9.54. The molecule has 0 aliphatic rings. The maximum absolute atomic E-state index is 12.1. The fraction of sp³-hybridized carbons (Fsp3) is 0.188. The Bertz CT molecular complexity index is 578. The van der Waals surface area contributed by atoms with E-state index in [-0.39, 0.29) is 5.78 Å². The highest BCUT2D eigenvalue weighted by atomic mass is 79.9. The van der Waals surface area contributed by atoms with Crippen LogP contribution in [0.3, 0.4) is 0 Å². The molecule has 2 rings (SSSR count). The molecule has 104 valence electrons. The number of nitrogens with zero attached hydrogens (tertiary/aromatic N) is 1. The molecule has 0 unspecified atom stereocenters. The van der Waals surface area contributed by atoms with Gasteiger partial charge in [0.15, 0.2) is 5.78 Å². The number of likely N-dealkylation sites (N-methyl/N-ethyl adjacent to an activating group) is 1. The quantitative estimate of drug-likeness (QED) is 0.692. The van der Waals surface area contributed by atoms with Crippen LogP contribution in [0.2, 0.25) is 0 Å². The predicted molar refractivity (Wildman–Crippen MR) is 88.9 cm³/mol. The van der Waals surface area contributed by atoms with Crippen molar-refractivity contribution in [2.45, 2.75) is 6.54 Å². The number of carbonyl (C=O) groups is 1.